The minimum absolute atomic E-state index is 0.115. The summed E-state index contributed by atoms with van der Waals surface area (Å²) >= 11 is 0. The normalized spacial score (nSPS) is 12.3. The molecule has 0 aromatic heterocycles. The second kappa shape index (κ2) is 8.75. The van der Waals surface area contributed by atoms with E-state index in [2.05, 4.69) is 4.74 Å². The highest BCUT2D eigenvalue weighted by atomic mass is 19.1. The largest absolute Gasteiger partial charge is 0.469 e. The maximum Gasteiger partial charge on any atom is 0.338 e. The first-order chi connectivity index (χ1) is 11.9. The molecule has 144 valence electrons. The van der Waals surface area contributed by atoms with E-state index in [4.69, 9.17) is 10.5 Å². The van der Waals surface area contributed by atoms with Crippen molar-refractivity contribution < 1.29 is 28.2 Å². The van der Waals surface area contributed by atoms with E-state index in [-0.39, 0.29) is 24.1 Å². The summed E-state index contributed by atoms with van der Waals surface area (Å²) in [6.45, 7) is 5.07. The lowest BCUT2D eigenvalue weighted by atomic mass is 10.1. The first-order valence-corrected chi connectivity index (χ1v) is 8.03. The lowest BCUT2D eigenvalue weighted by Gasteiger charge is -2.22. The molecule has 0 saturated heterocycles. The van der Waals surface area contributed by atoms with Crippen molar-refractivity contribution in [2.24, 2.45) is 5.73 Å². The molecule has 0 fully saturated rings. The number of benzene rings is 1. The quantitative estimate of drug-likeness (QED) is 0.766. The lowest BCUT2D eigenvalue weighted by molar-refractivity contribution is -0.144. The molecule has 1 unspecified atom stereocenters. The Morgan fingerprint density at radius 2 is 1.88 bits per heavy atom. The van der Waals surface area contributed by atoms with Gasteiger partial charge in [-0.3, -0.25) is 9.59 Å². The zero-order chi connectivity index (χ0) is 20.1. The molecule has 2 N–H and O–H groups in total. The van der Waals surface area contributed by atoms with Crippen LogP contribution in [0, 0.1) is 5.82 Å². The minimum atomic E-state index is -1.09. The van der Waals surface area contributed by atoms with Gasteiger partial charge in [0.05, 0.1) is 25.1 Å². The van der Waals surface area contributed by atoms with Crippen LogP contribution in [0.25, 0.3) is 0 Å². The van der Waals surface area contributed by atoms with E-state index in [9.17, 15) is 18.8 Å². The van der Waals surface area contributed by atoms with E-state index >= 15 is 0 Å². The van der Waals surface area contributed by atoms with Crippen LogP contribution in [0.3, 0.4) is 0 Å². The SMILES string of the molecule is COC(=O)CC(N)C(=O)N(C)Cc1cc(C(=O)OC(C)(C)C)ccc1F. The Hall–Kier alpha value is -2.48. The third-order valence-electron chi connectivity index (χ3n) is 3.40. The highest BCUT2D eigenvalue weighted by molar-refractivity contribution is 5.90. The smallest absolute Gasteiger partial charge is 0.338 e. The number of esters is 2. The number of methoxy groups -OCH3 is 1. The Morgan fingerprint density at radius 1 is 1.27 bits per heavy atom. The van der Waals surface area contributed by atoms with Gasteiger partial charge < -0.3 is 20.1 Å². The molecule has 1 atom stereocenters. The summed E-state index contributed by atoms with van der Waals surface area (Å²) in [6.07, 6.45) is -0.278. The minimum Gasteiger partial charge on any atom is -0.469 e. The summed E-state index contributed by atoms with van der Waals surface area (Å²) in [5.41, 5.74) is 5.30. The van der Waals surface area contributed by atoms with E-state index in [1.165, 1.54) is 31.2 Å². The average Bonchev–Trinajstić information content (AvgIpc) is 2.54. The number of likely N-dealkylation sites (N-methyl/N-ethyl adjacent to an activating group) is 1. The average molecular weight is 368 g/mol. The zero-order valence-electron chi connectivity index (χ0n) is 15.7. The number of nitrogens with zero attached hydrogens (tertiary/aromatic N) is 1. The second-order valence-electron chi connectivity index (χ2n) is 6.89. The number of halogens is 1. The molecular formula is C18H25FN2O5. The van der Waals surface area contributed by atoms with Crippen molar-refractivity contribution in [1.82, 2.24) is 4.90 Å². The molecule has 1 aromatic carbocycles. The van der Waals surface area contributed by atoms with Crippen molar-refractivity contribution in [3.63, 3.8) is 0 Å². The van der Waals surface area contributed by atoms with Crippen molar-refractivity contribution in [3.05, 3.63) is 35.1 Å². The van der Waals surface area contributed by atoms with Gasteiger partial charge in [-0.1, -0.05) is 0 Å². The molecule has 0 aliphatic heterocycles. The first-order valence-electron chi connectivity index (χ1n) is 8.03. The molecule has 0 heterocycles. The van der Waals surface area contributed by atoms with Crippen LogP contribution in [0.2, 0.25) is 0 Å². The van der Waals surface area contributed by atoms with Crippen LogP contribution in [0.5, 0.6) is 0 Å². The summed E-state index contributed by atoms with van der Waals surface area (Å²) in [4.78, 5) is 36.7. The van der Waals surface area contributed by atoms with Crippen LogP contribution in [0.1, 0.15) is 43.1 Å². The van der Waals surface area contributed by atoms with Gasteiger partial charge in [-0.2, -0.15) is 0 Å². The number of amides is 1. The van der Waals surface area contributed by atoms with Gasteiger partial charge in [-0.25, -0.2) is 9.18 Å². The third kappa shape index (κ3) is 6.44. The molecule has 0 aliphatic rings. The molecule has 1 amide bonds. The maximum absolute atomic E-state index is 14.1. The molecule has 0 aliphatic carbocycles. The molecule has 1 rings (SSSR count). The van der Waals surface area contributed by atoms with Gasteiger partial charge in [0.25, 0.3) is 0 Å². The van der Waals surface area contributed by atoms with Gasteiger partial charge >= 0.3 is 11.9 Å². The van der Waals surface area contributed by atoms with E-state index < -0.39 is 35.3 Å². The van der Waals surface area contributed by atoms with Gasteiger partial charge in [0, 0.05) is 19.2 Å². The Kier molecular flexibility index (Phi) is 7.26. The van der Waals surface area contributed by atoms with Crippen molar-refractivity contribution in [2.75, 3.05) is 14.2 Å². The summed E-state index contributed by atoms with van der Waals surface area (Å²) in [6, 6.07) is 2.70. The summed E-state index contributed by atoms with van der Waals surface area (Å²) in [7, 11) is 2.62. The summed E-state index contributed by atoms with van der Waals surface area (Å²) in [5, 5.41) is 0. The Labute approximate surface area is 152 Å². The van der Waals surface area contributed by atoms with Gasteiger partial charge in [0.15, 0.2) is 0 Å². The Bertz CT molecular complexity index is 685. The highest BCUT2D eigenvalue weighted by Gasteiger charge is 2.23. The van der Waals surface area contributed by atoms with Crippen molar-refractivity contribution >= 4 is 17.8 Å². The number of rotatable bonds is 6. The number of hydrogen-bond acceptors (Lipinski definition) is 6. The number of carbonyl (C=O) groups excluding carboxylic acids is 3. The van der Waals surface area contributed by atoms with Gasteiger partial charge in [0.1, 0.15) is 11.4 Å². The van der Waals surface area contributed by atoms with Crippen LogP contribution in [-0.2, 0) is 25.6 Å². The number of nitrogens with two attached hydrogens (primary N) is 1. The van der Waals surface area contributed by atoms with Crippen molar-refractivity contribution in [2.45, 2.75) is 45.4 Å². The maximum atomic E-state index is 14.1. The standard InChI is InChI=1S/C18H25FN2O5/c1-18(2,3)26-17(24)11-6-7-13(19)12(8-11)10-21(4)16(23)14(20)9-15(22)25-5/h6-8,14H,9-10,20H2,1-5H3. The number of ether oxygens (including phenoxy) is 2. The van der Waals surface area contributed by atoms with E-state index in [0.717, 1.165) is 6.07 Å². The fourth-order valence-electron chi connectivity index (χ4n) is 2.13. The predicted molar refractivity (Wildman–Crippen MR) is 92.7 cm³/mol. The molecule has 0 spiro atoms. The summed E-state index contributed by atoms with van der Waals surface area (Å²) < 4.78 is 23.8. The third-order valence-corrected chi connectivity index (χ3v) is 3.40. The Balaban J connectivity index is 2.88. The molecular weight excluding hydrogens is 343 g/mol. The van der Waals surface area contributed by atoms with E-state index in [1.54, 1.807) is 20.8 Å². The number of hydrogen-bond donors (Lipinski definition) is 1. The van der Waals surface area contributed by atoms with Crippen LogP contribution >= 0.6 is 0 Å². The van der Waals surface area contributed by atoms with Gasteiger partial charge in [-0.05, 0) is 39.0 Å². The van der Waals surface area contributed by atoms with Crippen LogP contribution < -0.4 is 5.73 Å². The monoisotopic (exact) mass is 368 g/mol. The van der Waals surface area contributed by atoms with E-state index in [0.29, 0.717) is 0 Å². The molecule has 7 nitrogen and oxygen atoms in total. The fraction of sp³-hybridized carbons (Fsp3) is 0.500. The predicted octanol–water partition coefficient (Wildman–Crippen LogP) is 1.63. The molecule has 26 heavy (non-hydrogen) atoms. The molecule has 1 aromatic rings. The fourth-order valence-corrected chi connectivity index (χ4v) is 2.13. The van der Waals surface area contributed by atoms with Crippen LogP contribution in [-0.4, -0.2) is 48.5 Å². The van der Waals surface area contributed by atoms with Crippen LogP contribution in [0.4, 0.5) is 4.39 Å². The van der Waals surface area contributed by atoms with E-state index in [1.807, 2.05) is 0 Å². The second-order valence-corrected chi connectivity index (χ2v) is 6.89. The highest BCUT2D eigenvalue weighted by Crippen LogP contribution is 2.17. The van der Waals surface area contributed by atoms with Gasteiger partial charge in [-0.15, -0.1) is 0 Å². The topological polar surface area (TPSA) is 98.9 Å². The van der Waals surface area contributed by atoms with Crippen LogP contribution in [0.15, 0.2) is 18.2 Å². The lowest BCUT2D eigenvalue weighted by Crippen LogP contribution is -2.42. The molecule has 0 bridgehead atoms. The molecule has 0 saturated carbocycles. The Morgan fingerprint density at radius 3 is 2.42 bits per heavy atom. The molecule has 0 radical (unpaired) electrons. The zero-order valence-corrected chi connectivity index (χ0v) is 15.7. The van der Waals surface area contributed by atoms with Crippen molar-refractivity contribution in [1.29, 1.82) is 0 Å². The number of carbonyl (C=O) groups is 3. The summed E-state index contributed by atoms with van der Waals surface area (Å²) in [5.74, 6) is -2.32. The van der Waals surface area contributed by atoms with Crippen molar-refractivity contribution in [3.8, 4) is 0 Å². The first kappa shape index (κ1) is 21.6. The van der Waals surface area contributed by atoms with Gasteiger partial charge in [0.2, 0.25) is 5.91 Å². The molecule has 8 heteroatoms.